The summed E-state index contributed by atoms with van der Waals surface area (Å²) in [5.74, 6) is 2.51. The molecule has 0 spiro atoms. The number of pyridine rings is 1. The lowest BCUT2D eigenvalue weighted by Crippen LogP contribution is -1.90. The first-order valence-electron chi connectivity index (χ1n) is 13.2. The summed E-state index contributed by atoms with van der Waals surface area (Å²) in [5.41, 5.74) is 8.19. The molecule has 0 aliphatic carbocycles. The number of hydrogen-bond acceptors (Lipinski definition) is 3. The highest BCUT2D eigenvalue weighted by Gasteiger charge is 2.01. The first-order chi connectivity index (χ1) is 17.0. The van der Waals surface area contributed by atoms with Gasteiger partial charge in [-0.15, -0.1) is 0 Å². The third kappa shape index (κ3) is 12.7. The molecule has 3 heteroatoms. The third-order valence-electron chi connectivity index (χ3n) is 5.83. The monoisotopic (exact) mass is 488 g/mol. The van der Waals surface area contributed by atoms with Crippen LogP contribution in [0, 0.1) is 19.8 Å². The molecule has 0 radical (unpaired) electrons. The molecular formula is C33H48N2O. The molecule has 1 aliphatic heterocycles. The molecule has 0 atom stereocenters. The van der Waals surface area contributed by atoms with Crippen LogP contribution in [0.2, 0.25) is 0 Å². The minimum atomic E-state index is 0.591. The average molecular weight is 489 g/mol. The number of allylic oxidation sites excluding steroid dienone is 1. The van der Waals surface area contributed by atoms with Crippen LogP contribution in [0.1, 0.15) is 101 Å². The summed E-state index contributed by atoms with van der Waals surface area (Å²) in [4.78, 5) is 8.00. The van der Waals surface area contributed by atoms with Gasteiger partial charge in [0, 0.05) is 18.6 Å². The fourth-order valence-electron chi connectivity index (χ4n) is 3.45. The molecule has 2 aromatic heterocycles. The normalized spacial score (nSPS) is 12.0. The van der Waals surface area contributed by atoms with E-state index in [1.165, 1.54) is 33.4 Å². The Morgan fingerprint density at radius 2 is 1.22 bits per heavy atom. The molecule has 36 heavy (non-hydrogen) atoms. The van der Waals surface area contributed by atoms with E-state index in [4.69, 9.17) is 4.42 Å². The molecule has 0 fully saturated rings. The van der Waals surface area contributed by atoms with Gasteiger partial charge in [-0.05, 0) is 78.0 Å². The number of aryl methyl sites for hydroxylation is 2. The number of aliphatic imine (C=N–C) groups is 1. The zero-order chi connectivity index (χ0) is 27.1. The van der Waals surface area contributed by atoms with Crippen molar-refractivity contribution in [2.45, 2.75) is 87.0 Å². The van der Waals surface area contributed by atoms with E-state index in [0.29, 0.717) is 23.7 Å². The predicted octanol–water partition coefficient (Wildman–Crippen LogP) is 9.69. The number of benzene rings is 1. The first kappa shape index (κ1) is 31.1. The maximum atomic E-state index is 4.88. The van der Waals surface area contributed by atoms with Gasteiger partial charge in [0.15, 0.2) is 0 Å². The summed E-state index contributed by atoms with van der Waals surface area (Å²) in [6.07, 6.45) is 11.3. The van der Waals surface area contributed by atoms with Crippen LogP contribution in [0.25, 0.3) is 0 Å². The van der Waals surface area contributed by atoms with Crippen molar-refractivity contribution >= 4 is 6.21 Å². The van der Waals surface area contributed by atoms with Gasteiger partial charge in [-0.25, -0.2) is 0 Å². The van der Waals surface area contributed by atoms with E-state index in [1.807, 2.05) is 36.8 Å². The van der Waals surface area contributed by atoms with Crippen LogP contribution < -0.4 is 0 Å². The van der Waals surface area contributed by atoms with E-state index in [0.717, 1.165) is 6.54 Å². The summed E-state index contributed by atoms with van der Waals surface area (Å²) < 4.78 is 4.88. The van der Waals surface area contributed by atoms with Gasteiger partial charge in [0.2, 0.25) is 0 Å². The van der Waals surface area contributed by atoms with Gasteiger partial charge < -0.3 is 4.42 Å². The van der Waals surface area contributed by atoms with Gasteiger partial charge in [0.05, 0.1) is 19.1 Å². The highest BCUT2D eigenvalue weighted by Crippen LogP contribution is 2.17. The second kappa shape index (κ2) is 16.7. The number of nitrogens with zero attached hydrogens (tertiary/aromatic N) is 2. The molecule has 3 heterocycles. The Labute approximate surface area is 220 Å². The van der Waals surface area contributed by atoms with Crippen molar-refractivity contribution in [3.05, 3.63) is 101 Å². The number of aromatic nitrogens is 1. The average Bonchev–Trinajstić information content (AvgIpc) is 3.55. The zero-order valence-electron chi connectivity index (χ0n) is 24.2. The van der Waals surface area contributed by atoms with Gasteiger partial charge in [-0.1, -0.05) is 90.8 Å². The highest BCUT2D eigenvalue weighted by atomic mass is 16.3. The van der Waals surface area contributed by atoms with E-state index in [-0.39, 0.29) is 0 Å². The van der Waals surface area contributed by atoms with Gasteiger partial charge >= 0.3 is 0 Å². The first-order valence-corrected chi connectivity index (χ1v) is 13.2. The summed E-state index contributed by atoms with van der Waals surface area (Å²) in [5, 5.41) is 0. The molecule has 1 aromatic carbocycles. The lowest BCUT2D eigenvalue weighted by atomic mass is 9.99. The maximum Gasteiger partial charge on any atom is 0.0937 e. The van der Waals surface area contributed by atoms with Crippen LogP contribution in [0.15, 0.2) is 82.4 Å². The van der Waals surface area contributed by atoms with Crippen LogP contribution in [-0.4, -0.2) is 17.7 Å². The number of furan rings is 1. The van der Waals surface area contributed by atoms with Crippen LogP contribution in [0.4, 0.5) is 0 Å². The standard InChI is InChI=1S/C11H16.C8H11N.C7H11N.C7H10O/c1-8(2)11-6-9(3)5-10(4)7-11;1-7(2)8-3-5-9-6-4-8;2*1-6(2)7-3-4-8-5-7/h5-8H,1-4H3;3-7H,1-2H3;3,5-6H,4H2,1-2H3;3-6H,1-2H3. The van der Waals surface area contributed by atoms with E-state index in [2.05, 4.69) is 103 Å². The minimum absolute atomic E-state index is 0.591. The van der Waals surface area contributed by atoms with Crippen molar-refractivity contribution in [3.8, 4) is 0 Å². The summed E-state index contributed by atoms with van der Waals surface area (Å²) in [6, 6.07) is 12.8. The molecular weight excluding hydrogens is 440 g/mol. The SMILES string of the molecule is CC(C)C1=CCN=C1.CC(C)c1ccncc1.CC(C)c1ccoc1.Cc1cc(C)cc(C(C)C)c1. The fourth-order valence-corrected chi connectivity index (χ4v) is 3.45. The smallest absolute Gasteiger partial charge is 0.0937 e. The van der Waals surface area contributed by atoms with Crippen LogP contribution in [0.5, 0.6) is 0 Å². The molecule has 3 nitrogen and oxygen atoms in total. The molecule has 0 N–H and O–H groups in total. The highest BCUT2D eigenvalue weighted by molar-refractivity contribution is 5.81. The van der Waals surface area contributed by atoms with E-state index in [9.17, 15) is 0 Å². The van der Waals surface area contributed by atoms with Crippen molar-refractivity contribution in [2.24, 2.45) is 10.9 Å². The zero-order valence-corrected chi connectivity index (χ0v) is 24.2. The molecule has 4 rings (SSSR count). The van der Waals surface area contributed by atoms with Gasteiger partial charge in [-0.2, -0.15) is 0 Å². The molecule has 0 unspecified atom stereocenters. The maximum absolute atomic E-state index is 4.88. The predicted molar refractivity (Wildman–Crippen MR) is 157 cm³/mol. The van der Waals surface area contributed by atoms with E-state index >= 15 is 0 Å². The Morgan fingerprint density at radius 3 is 1.53 bits per heavy atom. The van der Waals surface area contributed by atoms with Crippen LogP contribution in [-0.2, 0) is 0 Å². The van der Waals surface area contributed by atoms with Gasteiger partial charge in [0.25, 0.3) is 0 Å². The quantitative estimate of drug-likeness (QED) is 0.366. The summed E-state index contributed by atoms with van der Waals surface area (Å²) in [7, 11) is 0. The molecule has 0 bridgehead atoms. The molecule has 196 valence electrons. The summed E-state index contributed by atoms with van der Waals surface area (Å²) >= 11 is 0. The molecule has 3 aromatic rings. The third-order valence-corrected chi connectivity index (χ3v) is 5.83. The van der Waals surface area contributed by atoms with Gasteiger partial charge in [0.1, 0.15) is 0 Å². The lowest BCUT2D eigenvalue weighted by molar-refractivity contribution is 0.562. The fraction of sp³-hybridized carbons (Fsp3) is 0.455. The Kier molecular flexibility index (Phi) is 14.4. The van der Waals surface area contributed by atoms with Crippen molar-refractivity contribution in [2.75, 3.05) is 6.54 Å². The molecule has 0 saturated carbocycles. The largest absolute Gasteiger partial charge is 0.472 e. The van der Waals surface area contributed by atoms with Crippen molar-refractivity contribution < 1.29 is 4.42 Å². The van der Waals surface area contributed by atoms with Gasteiger partial charge in [-0.3, -0.25) is 9.98 Å². The van der Waals surface area contributed by atoms with Crippen LogP contribution >= 0.6 is 0 Å². The number of rotatable bonds is 4. The Balaban J connectivity index is 0.000000242. The van der Waals surface area contributed by atoms with Crippen molar-refractivity contribution in [1.82, 2.24) is 4.98 Å². The van der Waals surface area contributed by atoms with E-state index in [1.54, 1.807) is 12.5 Å². The topological polar surface area (TPSA) is 38.4 Å². The van der Waals surface area contributed by atoms with E-state index < -0.39 is 0 Å². The van der Waals surface area contributed by atoms with Crippen molar-refractivity contribution in [3.63, 3.8) is 0 Å². The minimum Gasteiger partial charge on any atom is -0.472 e. The lowest BCUT2D eigenvalue weighted by Gasteiger charge is -2.07. The van der Waals surface area contributed by atoms with Crippen molar-refractivity contribution in [1.29, 1.82) is 0 Å². The summed E-state index contributed by atoms with van der Waals surface area (Å²) in [6.45, 7) is 22.7. The Morgan fingerprint density at radius 1 is 0.667 bits per heavy atom. The van der Waals surface area contributed by atoms with Crippen LogP contribution in [0.3, 0.4) is 0 Å². The second-order valence-corrected chi connectivity index (χ2v) is 10.6. The molecule has 0 amide bonds. The molecule has 1 aliphatic rings. The molecule has 0 saturated heterocycles. The Bertz CT molecular complexity index is 1010. The second-order valence-electron chi connectivity index (χ2n) is 10.6. The number of hydrogen-bond donors (Lipinski definition) is 0. The Hall–Kier alpha value is -2.94.